The third-order valence-corrected chi connectivity index (χ3v) is 4.23. The number of hydrogen-bond donors (Lipinski definition) is 3. The van der Waals surface area contributed by atoms with E-state index in [2.05, 4.69) is 15.0 Å². The van der Waals surface area contributed by atoms with Crippen molar-refractivity contribution >= 4 is 28.3 Å². The average molecular weight is 266 g/mol. The molecule has 0 aliphatic heterocycles. The van der Waals surface area contributed by atoms with E-state index in [0.29, 0.717) is 18.3 Å². The number of aromatic nitrogens is 1. The Morgan fingerprint density at radius 1 is 1.33 bits per heavy atom. The number of carbonyl (C=O) groups is 1. The molecule has 3 rings (SSSR count). The molecular weight excluding hydrogens is 248 g/mol. The number of anilines is 2. The topological polar surface area (TPSA) is 80.0 Å². The van der Waals surface area contributed by atoms with Crippen LogP contribution in [0.5, 0.6) is 0 Å². The summed E-state index contributed by atoms with van der Waals surface area (Å²) in [6.07, 6.45) is 4.54. The summed E-state index contributed by atoms with van der Waals surface area (Å²) in [6, 6.07) is 0. The smallest absolute Gasteiger partial charge is 0.223 e. The van der Waals surface area contributed by atoms with Crippen LogP contribution in [0.15, 0.2) is 0 Å². The lowest BCUT2D eigenvalue weighted by atomic mass is 10.2. The maximum atomic E-state index is 11.4. The number of hydrogen-bond acceptors (Lipinski definition) is 5. The second-order valence-electron chi connectivity index (χ2n) is 5.08. The lowest BCUT2D eigenvalue weighted by molar-refractivity contribution is -0.122. The first kappa shape index (κ1) is 11.8. The highest BCUT2D eigenvalue weighted by atomic mass is 32.1. The van der Waals surface area contributed by atoms with Crippen molar-refractivity contribution in [1.82, 2.24) is 9.69 Å². The van der Waals surface area contributed by atoms with Gasteiger partial charge >= 0.3 is 0 Å². The van der Waals surface area contributed by atoms with Crippen molar-refractivity contribution in [3.05, 3.63) is 5.56 Å². The van der Waals surface area contributed by atoms with E-state index in [1.807, 2.05) is 0 Å². The summed E-state index contributed by atoms with van der Waals surface area (Å²) in [5.41, 5.74) is 7.06. The van der Waals surface area contributed by atoms with Crippen molar-refractivity contribution in [2.45, 2.75) is 31.6 Å². The third-order valence-electron chi connectivity index (χ3n) is 3.40. The van der Waals surface area contributed by atoms with Crippen molar-refractivity contribution in [2.75, 3.05) is 24.1 Å². The summed E-state index contributed by atoms with van der Waals surface area (Å²) in [6.45, 7) is 1.40. The van der Waals surface area contributed by atoms with Crippen LogP contribution in [0, 0.1) is 5.92 Å². The first-order chi connectivity index (χ1) is 8.75. The van der Waals surface area contributed by atoms with Gasteiger partial charge in [0.05, 0.1) is 0 Å². The van der Waals surface area contributed by atoms with Crippen molar-refractivity contribution in [2.24, 2.45) is 5.92 Å². The molecule has 4 N–H and O–H groups in total. The summed E-state index contributed by atoms with van der Waals surface area (Å²) in [5, 5.41) is 7.35. The summed E-state index contributed by atoms with van der Waals surface area (Å²) in [4.78, 5) is 11.4. The lowest BCUT2D eigenvalue weighted by Gasteiger charge is -2.07. The van der Waals surface area contributed by atoms with E-state index in [1.165, 1.54) is 29.9 Å². The Kier molecular flexibility index (Phi) is 3.11. The SMILES string of the molecule is Nc1nsc(NCCNC(=O)C2CC2)c1C1CC1. The molecule has 0 saturated heterocycles. The van der Waals surface area contributed by atoms with Gasteiger partial charge in [0.25, 0.3) is 0 Å². The predicted molar refractivity (Wildman–Crippen MR) is 72.7 cm³/mol. The number of rotatable bonds is 6. The molecule has 2 fully saturated rings. The molecule has 2 aliphatic rings. The largest absolute Gasteiger partial charge is 0.383 e. The fraction of sp³-hybridized carbons (Fsp3) is 0.667. The Labute approximate surface area is 110 Å². The van der Waals surface area contributed by atoms with Crippen LogP contribution < -0.4 is 16.4 Å². The van der Waals surface area contributed by atoms with Gasteiger partial charge in [0.2, 0.25) is 5.91 Å². The number of nitrogens with two attached hydrogens (primary N) is 1. The molecule has 1 amide bonds. The minimum atomic E-state index is 0.197. The van der Waals surface area contributed by atoms with Gasteiger partial charge in [-0.25, -0.2) is 0 Å². The number of amides is 1. The summed E-state index contributed by atoms with van der Waals surface area (Å²) in [5.74, 6) is 1.76. The van der Waals surface area contributed by atoms with Crippen LogP contribution in [0.3, 0.4) is 0 Å². The molecule has 18 heavy (non-hydrogen) atoms. The zero-order valence-electron chi connectivity index (χ0n) is 10.2. The monoisotopic (exact) mass is 266 g/mol. The molecule has 0 radical (unpaired) electrons. The summed E-state index contributed by atoms with van der Waals surface area (Å²) < 4.78 is 4.20. The first-order valence-corrected chi connectivity index (χ1v) is 7.29. The first-order valence-electron chi connectivity index (χ1n) is 6.52. The minimum Gasteiger partial charge on any atom is -0.383 e. The molecule has 1 aromatic heterocycles. The molecule has 0 aromatic carbocycles. The standard InChI is InChI=1S/C12H18N4OS/c13-10-9(7-1-2-7)12(18-16-10)15-6-5-14-11(17)8-3-4-8/h7-8,15H,1-6H2,(H2,13,16)(H,14,17). The number of nitrogens with one attached hydrogen (secondary N) is 2. The fourth-order valence-electron chi connectivity index (χ4n) is 2.06. The van der Waals surface area contributed by atoms with Gasteiger partial charge in [-0.1, -0.05) is 0 Å². The number of nitrogen functional groups attached to an aromatic ring is 1. The van der Waals surface area contributed by atoms with E-state index in [0.717, 1.165) is 24.4 Å². The van der Waals surface area contributed by atoms with Crippen LogP contribution in [0.25, 0.3) is 0 Å². The highest BCUT2D eigenvalue weighted by molar-refractivity contribution is 7.10. The zero-order chi connectivity index (χ0) is 12.5. The molecule has 0 unspecified atom stereocenters. The minimum absolute atomic E-state index is 0.197. The lowest BCUT2D eigenvalue weighted by Crippen LogP contribution is -2.29. The number of carbonyl (C=O) groups excluding carboxylic acids is 1. The molecule has 0 spiro atoms. The molecule has 1 heterocycles. The highest BCUT2D eigenvalue weighted by Gasteiger charge is 2.31. The van der Waals surface area contributed by atoms with Crippen LogP contribution in [-0.4, -0.2) is 23.4 Å². The molecule has 0 atom stereocenters. The van der Waals surface area contributed by atoms with Gasteiger partial charge in [0, 0.05) is 24.6 Å². The average Bonchev–Trinajstić information content (AvgIpc) is 3.24. The van der Waals surface area contributed by atoms with E-state index in [1.54, 1.807) is 0 Å². The van der Waals surface area contributed by atoms with E-state index in [9.17, 15) is 4.79 Å². The maximum Gasteiger partial charge on any atom is 0.223 e. The molecule has 2 saturated carbocycles. The van der Waals surface area contributed by atoms with Crippen molar-refractivity contribution < 1.29 is 4.79 Å². The Bertz CT molecular complexity index is 451. The molecule has 2 aliphatic carbocycles. The molecule has 5 nitrogen and oxygen atoms in total. The van der Waals surface area contributed by atoms with E-state index in [4.69, 9.17) is 5.73 Å². The van der Waals surface area contributed by atoms with Crippen molar-refractivity contribution in [1.29, 1.82) is 0 Å². The van der Waals surface area contributed by atoms with Crippen molar-refractivity contribution in [3.8, 4) is 0 Å². The third kappa shape index (κ3) is 2.58. The molecule has 1 aromatic rings. The van der Waals surface area contributed by atoms with Gasteiger partial charge in [-0.3, -0.25) is 4.79 Å². The van der Waals surface area contributed by atoms with Gasteiger partial charge < -0.3 is 16.4 Å². The Hall–Kier alpha value is -1.30. The highest BCUT2D eigenvalue weighted by Crippen LogP contribution is 2.47. The van der Waals surface area contributed by atoms with Gasteiger partial charge in [-0.2, -0.15) is 4.37 Å². The summed E-state index contributed by atoms with van der Waals surface area (Å²) >= 11 is 1.42. The van der Waals surface area contributed by atoms with Gasteiger partial charge in [0.1, 0.15) is 10.8 Å². The molecule has 98 valence electrons. The molecule has 0 bridgehead atoms. The Balaban J connectivity index is 1.46. The zero-order valence-corrected chi connectivity index (χ0v) is 11.1. The molecule has 6 heteroatoms. The van der Waals surface area contributed by atoms with Gasteiger partial charge in [-0.15, -0.1) is 0 Å². The predicted octanol–water partition coefficient (Wildman–Crippen LogP) is 1.54. The van der Waals surface area contributed by atoms with E-state index in [-0.39, 0.29) is 11.8 Å². The van der Waals surface area contributed by atoms with Crippen LogP contribution >= 0.6 is 11.5 Å². The second-order valence-corrected chi connectivity index (χ2v) is 5.85. The number of nitrogens with zero attached hydrogens (tertiary/aromatic N) is 1. The molecular formula is C12H18N4OS. The maximum absolute atomic E-state index is 11.4. The summed E-state index contributed by atoms with van der Waals surface area (Å²) in [7, 11) is 0. The van der Waals surface area contributed by atoms with E-state index >= 15 is 0 Å². The normalized spacial score (nSPS) is 18.7. The van der Waals surface area contributed by atoms with Gasteiger partial charge in [0.15, 0.2) is 0 Å². The Morgan fingerprint density at radius 3 is 2.78 bits per heavy atom. The van der Waals surface area contributed by atoms with E-state index < -0.39 is 0 Å². The second kappa shape index (κ2) is 4.76. The van der Waals surface area contributed by atoms with Crippen LogP contribution in [0.1, 0.15) is 37.2 Å². The van der Waals surface area contributed by atoms with Crippen LogP contribution in [0.2, 0.25) is 0 Å². The van der Waals surface area contributed by atoms with Gasteiger partial charge in [-0.05, 0) is 43.1 Å². The Morgan fingerprint density at radius 2 is 2.11 bits per heavy atom. The fourth-order valence-corrected chi connectivity index (χ4v) is 2.88. The quantitative estimate of drug-likeness (QED) is 0.682. The van der Waals surface area contributed by atoms with Crippen LogP contribution in [0.4, 0.5) is 10.8 Å². The van der Waals surface area contributed by atoms with Crippen molar-refractivity contribution in [3.63, 3.8) is 0 Å². The van der Waals surface area contributed by atoms with Crippen LogP contribution in [-0.2, 0) is 4.79 Å².